The Labute approximate surface area is 258 Å². The van der Waals surface area contributed by atoms with E-state index in [0.29, 0.717) is 77.8 Å². The Morgan fingerprint density at radius 2 is 1.82 bits per heavy atom. The first-order valence-electron chi connectivity index (χ1n) is 14.4. The van der Waals surface area contributed by atoms with Crippen molar-refractivity contribution in [3.05, 3.63) is 94.8 Å². The van der Waals surface area contributed by atoms with Crippen molar-refractivity contribution in [2.75, 3.05) is 47.1 Å². The molecule has 11 nitrogen and oxygen atoms in total. The summed E-state index contributed by atoms with van der Waals surface area (Å²) in [7, 11) is 3.11. The van der Waals surface area contributed by atoms with Gasteiger partial charge in [0.2, 0.25) is 5.82 Å². The van der Waals surface area contributed by atoms with Crippen LogP contribution < -0.4 is 19.8 Å². The number of hydrogen-bond donors (Lipinski definition) is 0. The van der Waals surface area contributed by atoms with Crippen LogP contribution in [0.5, 0.6) is 17.2 Å². The number of hydrogen-bond acceptors (Lipinski definition) is 9. The van der Waals surface area contributed by atoms with Gasteiger partial charge in [0.1, 0.15) is 11.3 Å². The number of furan rings is 1. The van der Waals surface area contributed by atoms with Crippen LogP contribution in [0.1, 0.15) is 11.1 Å². The second kappa shape index (κ2) is 13.1. The molecule has 3 heterocycles. The number of carbonyl (C=O) groups excluding carboxylic acids is 1. The Hall–Kier alpha value is -5.42. The highest BCUT2D eigenvalue weighted by Crippen LogP contribution is 2.34. The van der Waals surface area contributed by atoms with Crippen molar-refractivity contribution in [1.29, 1.82) is 0 Å². The van der Waals surface area contributed by atoms with Gasteiger partial charge in [-0.2, -0.15) is 9.78 Å². The predicted molar refractivity (Wildman–Crippen MR) is 171 cm³/mol. The minimum Gasteiger partial charge on any atom is -0.496 e. The Morgan fingerprint density at radius 3 is 2.60 bits per heavy atom. The number of aromatic nitrogens is 2. The fraction of sp³-hybridized carbons (Fsp3) is 0.235. The normalized spacial score (nSPS) is 13.4. The van der Waals surface area contributed by atoms with Crippen LogP contribution in [0.15, 0.2) is 87.6 Å². The molecule has 0 spiro atoms. The third kappa shape index (κ3) is 6.02. The van der Waals surface area contributed by atoms with Gasteiger partial charge in [-0.25, -0.2) is 4.98 Å². The molecular formula is C34H32N4O7. The van der Waals surface area contributed by atoms with Gasteiger partial charge in [-0.1, -0.05) is 24.3 Å². The highest BCUT2D eigenvalue weighted by atomic mass is 16.5. The molecule has 2 aromatic heterocycles. The first kappa shape index (κ1) is 29.6. The molecule has 1 aliphatic heterocycles. The number of carbonyl (C=O) groups is 1. The number of nitrogens with zero attached hydrogens (tertiary/aromatic N) is 4. The lowest BCUT2D eigenvalue weighted by molar-refractivity contribution is -0.137. The topological polar surface area (TPSA) is 118 Å². The molecule has 45 heavy (non-hydrogen) atoms. The molecule has 0 bridgehead atoms. The summed E-state index contributed by atoms with van der Waals surface area (Å²) < 4.78 is 29.8. The van der Waals surface area contributed by atoms with Gasteiger partial charge in [0.05, 0.1) is 49.9 Å². The summed E-state index contributed by atoms with van der Waals surface area (Å²) in [4.78, 5) is 33.0. The quantitative estimate of drug-likeness (QED) is 0.166. The Bertz CT molecular complexity index is 1970. The van der Waals surface area contributed by atoms with Crippen LogP contribution in [-0.4, -0.2) is 73.8 Å². The van der Waals surface area contributed by atoms with Gasteiger partial charge < -0.3 is 28.3 Å². The van der Waals surface area contributed by atoms with Crippen molar-refractivity contribution < 1.29 is 28.2 Å². The van der Waals surface area contributed by atoms with Crippen LogP contribution in [0.4, 0.5) is 0 Å². The van der Waals surface area contributed by atoms with Crippen molar-refractivity contribution in [3.8, 4) is 28.8 Å². The lowest BCUT2D eigenvalue weighted by Gasteiger charge is -2.27. The number of rotatable bonds is 10. The molecule has 0 N–H and O–H groups in total. The van der Waals surface area contributed by atoms with Gasteiger partial charge in [0, 0.05) is 18.7 Å². The number of morpholine rings is 1. The lowest BCUT2D eigenvalue weighted by atomic mass is 10.1. The summed E-state index contributed by atoms with van der Waals surface area (Å²) in [6.07, 6.45) is 3.73. The monoisotopic (exact) mass is 608 g/mol. The zero-order valence-electron chi connectivity index (χ0n) is 25.0. The van der Waals surface area contributed by atoms with Crippen LogP contribution in [0.3, 0.4) is 0 Å². The molecule has 1 saturated heterocycles. The molecule has 0 saturated carbocycles. The fourth-order valence-corrected chi connectivity index (χ4v) is 5.26. The van der Waals surface area contributed by atoms with Crippen molar-refractivity contribution in [1.82, 2.24) is 14.6 Å². The minimum atomic E-state index is -0.362. The Morgan fingerprint density at radius 1 is 1.02 bits per heavy atom. The zero-order chi connectivity index (χ0) is 31.3. The number of fused-ring (bicyclic) bond motifs is 2. The number of amides is 1. The van der Waals surface area contributed by atoms with E-state index in [1.54, 1.807) is 54.6 Å². The summed E-state index contributed by atoms with van der Waals surface area (Å²) in [6, 6.07) is 17.9. The van der Waals surface area contributed by atoms with Gasteiger partial charge in [-0.15, -0.1) is 6.58 Å². The van der Waals surface area contributed by atoms with Crippen molar-refractivity contribution in [3.63, 3.8) is 0 Å². The Balaban J connectivity index is 1.39. The average molecular weight is 609 g/mol. The molecule has 0 atom stereocenters. The molecule has 1 amide bonds. The molecule has 0 unspecified atom stereocenters. The van der Waals surface area contributed by atoms with Gasteiger partial charge >= 0.3 is 0 Å². The Kier molecular flexibility index (Phi) is 8.61. The summed E-state index contributed by atoms with van der Waals surface area (Å²) in [6.45, 7) is 5.80. The smallest absolute Gasteiger partial charge is 0.282 e. The summed E-state index contributed by atoms with van der Waals surface area (Å²) in [5.41, 5.74) is 2.12. The number of methoxy groups -OCH3 is 2. The maximum absolute atomic E-state index is 13.7. The van der Waals surface area contributed by atoms with Crippen LogP contribution in [-0.2, 0) is 16.0 Å². The van der Waals surface area contributed by atoms with Crippen LogP contribution in [0.25, 0.3) is 33.5 Å². The second-order valence-corrected chi connectivity index (χ2v) is 10.3. The van der Waals surface area contributed by atoms with Crippen LogP contribution >= 0.6 is 0 Å². The molecular weight excluding hydrogens is 576 g/mol. The van der Waals surface area contributed by atoms with Crippen molar-refractivity contribution in [2.45, 2.75) is 6.42 Å². The highest BCUT2D eigenvalue weighted by molar-refractivity contribution is 5.89. The van der Waals surface area contributed by atoms with E-state index in [1.165, 1.54) is 11.8 Å². The van der Waals surface area contributed by atoms with Crippen LogP contribution in [0, 0.1) is 0 Å². The van der Waals surface area contributed by atoms with E-state index in [-0.39, 0.29) is 23.9 Å². The molecule has 1 aliphatic rings. The minimum absolute atomic E-state index is 0.130. The van der Waals surface area contributed by atoms with Gasteiger partial charge in [-0.05, 0) is 54.4 Å². The second-order valence-electron chi connectivity index (χ2n) is 10.3. The van der Waals surface area contributed by atoms with Crippen molar-refractivity contribution in [2.24, 2.45) is 5.10 Å². The first-order valence-corrected chi connectivity index (χ1v) is 14.4. The van der Waals surface area contributed by atoms with E-state index in [2.05, 4.69) is 11.7 Å². The molecule has 0 aliphatic carbocycles. The molecule has 1 fully saturated rings. The van der Waals surface area contributed by atoms with Gasteiger partial charge in [0.15, 0.2) is 23.9 Å². The molecule has 230 valence electrons. The van der Waals surface area contributed by atoms with Crippen LogP contribution in [0.2, 0.25) is 0 Å². The van der Waals surface area contributed by atoms with E-state index >= 15 is 0 Å². The standard InChI is InChI=1S/C34H32N4O7/c1-4-8-23-17-22(18-29(42-3)32(23)44-21-31(39)37-13-15-43-16-14-37)20-35-38-33(36-26-10-6-5-9-24(26)34(38)40)30-19-25-27(41-2)11-7-12-28(25)45-30/h4-7,9-12,17-20H,1,8,13-16,21H2,2-3H3. The third-order valence-electron chi connectivity index (χ3n) is 7.48. The largest absolute Gasteiger partial charge is 0.496 e. The third-order valence-corrected chi connectivity index (χ3v) is 7.48. The van der Waals surface area contributed by atoms with Gasteiger partial charge in [0.25, 0.3) is 11.5 Å². The SMILES string of the molecule is C=CCc1cc(C=Nn2c(-c3cc4c(OC)cccc4o3)nc3ccccc3c2=O)cc(OC)c1OCC(=O)N1CCOCC1. The van der Waals surface area contributed by atoms with Gasteiger partial charge in [-0.3, -0.25) is 9.59 Å². The molecule has 5 aromatic rings. The maximum Gasteiger partial charge on any atom is 0.282 e. The average Bonchev–Trinajstić information content (AvgIpc) is 3.52. The zero-order valence-corrected chi connectivity index (χ0v) is 25.0. The van der Waals surface area contributed by atoms with E-state index in [0.717, 1.165) is 10.9 Å². The highest BCUT2D eigenvalue weighted by Gasteiger charge is 2.21. The maximum atomic E-state index is 13.7. The number of ether oxygens (including phenoxy) is 4. The fourth-order valence-electron chi connectivity index (χ4n) is 5.26. The molecule has 3 aromatic carbocycles. The number of benzene rings is 3. The molecule has 6 rings (SSSR count). The summed E-state index contributed by atoms with van der Waals surface area (Å²) >= 11 is 0. The number of para-hydroxylation sites is 1. The first-order chi connectivity index (χ1) is 22.0. The van der Waals surface area contributed by atoms with E-state index in [9.17, 15) is 9.59 Å². The van der Waals surface area contributed by atoms with E-state index in [1.807, 2.05) is 30.3 Å². The molecule has 0 radical (unpaired) electrons. The summed E-state index contributed by atoms with van der Waals surface area (Å²) in [5.74, 6) is 1.95. The van der Waals surface area contributed by atoms with E-state index < -0.39 is 0 Å². The number of allylic oxidation sites excluding steroid dienone is 1. The molecule has 11 heteroatoms. The van der Waals surface area contributed by atoms with Crippen molar-refractivity contribution >= 4 is 34.0 Å². The summed E-state index contributed by atoms with van der Waals surface area (Å²) in [5, 5.41) is 5.74. The lowest BCUT2D eigenvalue weighted by Crippen LogP contribution is -2.43. The van der Waals surface area contributed by atoms with E-state index in [4.69, 9.17) is 28.3 Å². The predicted octanol–water partition coefficient (Wildman–Crippen LogP) is 4.68.